The zero-order valence-corrected chi connectivity index (χ0v) is 17.5. The molecule has 2 amide bonds. The largest absolute Gasteiger partial charge is 0.338 e. The number of anilines is 1. The molecule has 0 bridgehead atoms. The normalized spacial score (nSPS) is 17.5. The summed E-state index contributed by atoms with van der Waals surface area (Å²) in [5, 5.41) is 2.79. The van der Waals surface area contributed by atoms with E-state index < -0.39 is 10.0 Å². The Balaban J connectivity index is 1.48. The van der Waals surface area contributed by atoms with E-state index in [0.29, 0.717) is 37.3 Å². The first-order valence-corrected chi connectivity index (χ1v) is 11.7. The molecule has 2 saturated heterocycles. The molecule has 7 nitrogen and oxygen atoms in total. The van der Waals surface area contributed by atoms with Gasteiger partial charge in [0.15, 0.2) is 0 Å². The Bertz CT molecular complexity index is 1060. The Labute approximate surface area is 176 Å². The van der Waals surface area contributed by atoms with Gasteiger partial charge in [0.2, 0.25) is 15.9 Å². The lowest BCUT2D eigenvalue weighted by atomic mass is 10.1. The third kappa shape index (κ3) is 4.39. The van der Waals surface area contributed by atoms with Crippen LogP contribution in [0.2, 0.25) is 0 Å². The Morgan fingerprint density at radius 3 is 2.47 bits per heavy atom. The Kier molecular flexibility index (Phi) is 5.87. The van der Waals surface area contributed by atoms with Crippen molar-refractivity contribution in [3.63, 3.8) is 0 Å². The van der Waals surface area contributed by atoms with Gasteiger partial charge >= 0.3 is 0 Å². The van der Waals surface area contributed by atoms with Gasteiger partial charge in [-0.1, -0.05) is 18.2 Å². The first kappa shape index (κ1) is 20.6. The fourth-order valence-electron chi connectivity index (χ4n) is 3.92. The van der Waals surface area contributed by atoms with Crippen LogP contribution in [-0.2, 0) is 21.4 Å². The van der Waals surface area contributed by atoms with Gasteiger partial charge in [-0.3, -0.25) is 9.59 Å². The van der Waals surface area contributed by atoms with Crippen molar-refractivity contribution in [2.45, 2.75) is 37.1 Å². The van der Waals surface area contributed by atoms with Crippen LogP contribution in [0.5, 0.6) is 0 Å². The summed E-state index contributed by atoms with van der Waals surface area (Å²) >= 11 is 0. The topological polar surface area (TPSA) is 86.8 Å². The maximum absolute atomic E-state index is 12.8. The van der Waals surface area contributed by atoms with Crippen molar-refractivity contribution in [3.05, 3.63) is 59.7 Å². The van der Waals surface area contributed by atoms with E-state index in [0.717, 1.165) is 31.4 Å². The number of benzene rings is 2. The van der Waals surface area contributed by atoms with Crippen molar-refractivity contribution < 1.29 is 18.0 Å². The van der Waals surface area contributed by atoms with Gasteiger partial charge < -0.3 is 10.2 Å². The molecule has 0 radical (unpaired) electrons. The van der Waals surface area contributed by atoms with E-state index in [-0.39, 0.29) is 16.7 Å². The number of rotatable bonds is 6. The molecule has 0 aliphatic carbocycles. The monoisotopic (exact) mass is 427 g/mol. The molecule has 0 saturated carbocycles. The first-order valence-electron chi connectivity index (χ1n) is 10.2. The lowest BCUT2D eigenvalue weighted by Gasteiger charge is -2.17. The molecule has 0 aromatic heterocycles. The standard InChI is InChI=1S/C22H25N3O4S/c26-21-10-5-11-24(21)16-17-6-3-7-18(14-17)22(27)23-19-8-4-9-20(15-19)30(28,29)25-12-1-2-13-25/h3-4,6-9,14-15H,1-2,5,10-13,16H2,(H,23,27). The molecule has 2 fully saturated rings. The summed E-state index contributed by atoms with van der Waals surface area (Å²) in [4.78, 5) is 26.6. The summed E-state index contributed by atoms with van der Waals surface area (Å²) in [5.74, 6) is -0.179. The van der Waals surface area contributed by atoms with E-state index in [4.69, 9.17) is 0 Å². The van der Waals surface area contributed by atoms with Crippen molar-refractivity contribution in [2.75, 3.05) is 25.0 Å². The molecular weight excluding hydrogens is 402 g/mol. The Hall–Kier alpha value is -2.71. The minimum Gasteiger partial charge on any atom is -0.338 e. The first-order chi connectivity index (χ1) is 14.4. The molecule has 4 rings (SSSR count). The lowest BCUT2D eigenvalue weighted by molar-refractivity contribution is -0.128. The predicted molar refractivity (Wildman–Crippen MR) is 113 cm³/mol. The van der Waals surface area contributed by atoms with Crippen molar-refractivity contribution in [1.82, 2.24) is 9.21 Å². The van der Waals surface area contributed by atoms with Crippen LogP contribution < -0.4 is 5.32 Å². The number of nitrogens with one attached hydrogen (secondary N) is 1. The number of hydrogen-bond acceptors (Lipinski definition) is 4. The van der Waals surface area contributed by atoms with Crippen LogP contribution in [0, 0.1) is 0 Å². The Morgan fingerprint density at radius 1 is 0.967 bits per heavy atom. The number of carbonyl (C=O) groups is 2. The van der Waals surface area contributed by atoms with Crippen LogP contribution in [0.15, 0.2) is 53.4 Å². The van der Waals surface area contributed by atoms with Crippen LogP contribution in [0.25, 0.3) is 0 Å². The minimum atomic E-state index is -3.54. The minimum absolute atomic E-state index is 0.140. The van der Waals surface area contributed by atoms with Crippen molar-refractivity contribution in [3.8, 4) is 0 Å². The molecule has 0 spiro atoms. The van der Waals surface area contributed by atoms with Gasteiger partial charge in [-0.15, -0.1) is 0 Å². The number of amides is 2. The number of likely N-dealkylation sites (tertiary alicyclic amines) is 1. The van der Waals surface area contributed by atoms with Gasteiger partial charge in [0.25, 0.3) is 5.91 Å². The summed E-state index contributed by atoms with van der Waals surface area (Å²) in [6.07, 6.45) is 3.19. The van der Waals surface area contributed by atoms with Crippen LogP contribution in [0.3, 0.4) is 0 Å². The molecule has 2 aromatic rings. The number of carbonyl (C=O) groups excluding carboxylic acids is 2. The fraction of sp³-hybridized carbons (Fsp3) is 0.364. The quantitative estimate of drug-likeness (QED) is 0.768. The molecule has 2 aromatic carbocycles. The second kappa shape index (κ2) is 8.57. The van der Waals surface area contributed by atoms with E-state index in [1.165, 1.54) is 10.4 Å². The second-order valence-electron chi connectivity index (χ2n) is 7.71. The molecule has 2 heterocycles. The summed E-state index contributed by atoms with van der Waals surface area (Å²) < 4.78 is 27.0. The summed E-state index contributed by atoms with van der Waals surface area (Å²) in [7, 11) is -3.54. The van der Waals surface area contributed by atoms with Crippen LogP contribution in [0.4, 0.5) is 5.69 Å². The van der Waals surface area contributed by atoms with E-state index in [2.05, 4.69) is 5.32 Å². The predicted octanol–water partition coefficient (Wildman–Crippen LogP) is 2.85. The molecule has 30 heavy (non-hydrogen) atoms. The zero-order valence-electron chi connectivity index (χ0n) is 16.7. The van der Waals surface area contributed by atoms with Gasteiger partial charge in [-0.05, 0) is 55.2 Å². The highest BCUT2D eigenvalue weighted by molar-refractivity contribution is 7.89. The lowest BCUT2D eigenvalue weighted by Crippen LogP contribution is -2.27. The molecule has 2 aliphatic heterocycles. The van der Waals surface area contributed by atoms with Gasteiger partial charge in [-0.25, -0.2) is 8.42 Å². The molecule has 0 unspecified atom stereocenters. The highest BCUT2D eigenvalue weighted by Gasteiger charge is 2.27. The van der Waals surface area contributed by atoms with Crippen molar-refractivity contribution >= 4 is 27.5 Å². The summed E-state index contributed by atoms with van der Waals surface area (Å²) in [5.41, 5.74) is 1.79. The van der Waals surface area contributed by atoms with Crippen molar-refractivity contribution in [1.29, 1.82) is 0 Å². The third-order valence-electron chi connectivity index (χ3n) is 5.53. The number of nitrogens with zero attached hydrogens (tertiary/aromatic N) is 2. The van der Waals surface area contributed by atoms with E-state index >= 15 is 0 Å². The highest BCUT2D eigenvalue weighted by Crippen LogP contribution is 2.23. The molecule has 1 N–H and O–H groups in total. The van der Waals surface area contributed by atoms with Crippen LogP contribution in [-0.4, -0.2) is 49.1 Å². The van der Waals surface area contributed by atoms with E-state index in [9.17, 15) is 18.0 Å². The molecule has 158 valence electrons. The average molecular weight is 428 g/mol. The third-order valence-corrected chi connectivity index (χ3v) is 7.42. The summed E-state index contributed by atoms with van der Waals surface area (Å²) in [6.45, 7) is 2.30. The van der Waals surface area contributed by atoms with Gasteiger partial charge in [-0.2, -0.15) is 4.31 Å². The van der Waals surface area contributed by atoms with Gasteiger partial charge in [0, 0.05) is 43.9 Å². The van der Waals surface area contributed by atoms with E-state index in [1.807, 2.05) is 6.07 Å². The van der Waals surface area contributed by atoms with Gasteiger partial charge in [0.1, 0.15) is 0 Å². The molecule has 0 atom stereocenters. The fourth-order valence-corrected chi connectivity index (χ4v) is 5.48. The highest BCUT2D eigenvalue weighted by atomic mass is 32.2. The van der Waals surface area contributed by atoms with Crippen molar-refractivity contribution in [2.24, 2.45) is 0 Å². The van der Waals surface area contributed by atoms with Gasteiger partial charge in [0.05, 0.1) is 4.90 Å². The smallest absolute Gasteiger partial charge is 0.255 e. The SMILES string of the molecule is O=C(Nc1cccc(S(=O)(=O)N2CCCC2)c1)c1cccc(CN2CCCC2=O)c1. The molecular formula is C22H25N3O4S. The number of hydrogen-bond donors (Lipinski definition) is 1. The zero-order chi connectivity index (χ0) is 21.1. The maximum atomic E-state index is 12.8. The molecule has 8 heteroatoms. The average Bonchev–Trinajstić information content (AvgIpc) is 3.41. The Morgan fingerprint density at radius 2 is 1.73 bits per heavy atom. The number of sulfonamides is 1. The maximum Gasteiger partial charge on any atom is 0.255 e. The molecule has 2 aliphatic rings. The van der Waals surface area contributed by atoms with Crippen LogP contribution in [0.1, 0.15) is 41.6 Å². The second-order valence-corrected chi connectivity index (χ2v) is 9.65. The summed E-state index contributed by atoms with van der Waals surface area (Å²) in [6, 6.07) is 13.5. The van der Waals surface area contributed by atoms with Crippen LogP contribution >= 0.6 is 0 Å². The van der Waals surface area contributed by atoms with E-state index in [1.54, 1.807) is 41.3 Å².